The zero-order chi connectivity index (χ0) is 15.6. The molecule has 0 aliphatic rings. The van der Waals surface area contributed by atoms with Gasteiger partial charge in [-0.2, -0.15) is 0 Å². The van der Waals surface area contributed by atoms with E-state index in [4.69, 9.17) is 16.7 Å². The van der Waals surface area contributed by atoms with Crippen molar-refractivity contribution in [3.05, 3.63) is 17.3 Å². The molecule has 2 aromatic heterocycles. The molecule has 0 spiro atoms. The Labute approximate surface area is 132 Å². The predicted molar refractivity (Wildman–Crippen MR) is 84.9 cm³/mol. The van der Waals surface area contributed by atoms with E-state index >= 15 is 0 Å². The molecule has 1 atom stereocenters. The summed E-state index contributed by atoms with van der Waals surface area (Å²) in [7, 11) is 0. The first-order valence-electron chi connectivity index (χ1n) is 6.75. The number of hydrogen-bond acceptors (Lipinski definition) is 4. The number of hydrogen-bond donors (Lipinski definition) is 1. The van der Waals surface area contributed by atoms with Crippen LogP contribution < -0.4 is 0 Å². The summed E-state index contributed by atoms with van der Waals surface area (Å²) in [5, 5.41) is 10.1. The molecule has 114 valence electrons. The quantitative estimate of drug-likeness (QED) is 0.822. The molecule has 0 fully saturated rings. The second-order valence-electron chi connectivity index (χ2n) is 5.40. The van der Waals surface area contributed by atoms with E-state index in [0.29, 0.717) is 27.5 Å². The van der Waals surface area contributed by atoms with Crippen LogP contribution in [0.3, 0.4) is 0 Å². The van der Waals surface area contributed by atoms with E-state index in [9.17, 15) is 4.79 Å². The van der Waals surface area contributed by atoms with Gasteiger partial charge in [0.1, 0.15) is 5.52 Å². The highest BCUT2D eigenvalue weighted by Crippen LogP contribution is 2.26. The number of halogens is 1. The summed E-state index contributed by atoms with van der Waals surface area (Å²) in [6.07, 6.45) is 1.59. The van der Waals surface area contributed by atoms with Crippen molar-refractivity contribution in [1.29, 1.82) is 0 Å². The molecule has 1 unspecified atom stereocenters. The molecule has 2 heterocycles. The molecule has 21 heavy (non-hydrogen) atoms. The molecule has 2 aromatic rings. The van der Waals surface area contributed by atoms with Crippen LogP contribution in [0.2, 0.25) is 5.02 Å². The van der Waals surface area contributed by atoms with Gasteiger partial charge < -0.3 is 9.67 Å². The third-order valence-electron chi connectivity index (χ3n) is 3.45. The lowest BCUT2D eigenvalue weighted by Crippen LogP contribution is -2.14. The van der Waals surface area contributed by atoms with E-state index in [-0.39, 0.29) is 5.75 Å². The summed E-state index contributed by atoms with van der Waals surface area (Å²) in [4.78, 5) is 19.6. The summed E-state index contributed by atoms with van der Waals surface area (Å²) in [6, 6.07) is 1.76. The van der Waals surface area contributed by atoms with Gasteiger partial charge in [-0.15, -0.1) is 0 Å². The minimum absolute atomic E-state index is 0.0207. The maximum atomic E-state index is 10.8. The molecule has 5 nitrogen and oxygen atoms in total. The zero-order valence-electron chi connectivity index (χ0n) is 12.2. The Kier molecular flexibility index (Phi) is 5.11. The molecule has 0 aliphatic carbocycles. The molecular formula is C14H18ClN3O2S. The van der Waals surface area contributed by atoms with E-state index in [1.165, 1.54) is 11.8 Å². The lowest BCUT2D eigenvalue weighted by Gasteiger charge is -2.17. The molecule has 0 amide bonds. The molecule has 2 rings (SSSR count). The molecular weight excluding hydrogens is 310 g/mol. The Morgan fingerprint density at radius 1 is 1.48 bits per heavy atom. The van der Waals surface area contributed by atoms with Crippen LogP contribution in [0.1, 0.15) is 20.8 Å². The number of carbonyl (C=O) groups is 1. The van der Waals surface area contributed by atoms with Gasteiger partial charge in [-0.05, 0) is 17.9 Å². The van der Waals surface area contributed by atoms with Gasteiger partial charge in [0.15, 0.2) is 10.8 Å². The van der Waals surface area contributed by atoms with E-state index < -0.39 is 5.97 Å². The Morgan fingerprint density at radius 3 is 2.81 bits per heavy atom. The first-order valence-corrected chi connectivity index (χ1v) is 8.11. The Morgan fingerprint density at radius 2 is 2.19 bits per heavy atom. The van der Waals surface area contributed by atoms with Crippen LogP contribution in [0, 0.1) is 11.8 Å². The number of fused-ring (bicyclic) bond motifs is 1. The van der Waals surface area contributed by atoms with Gasteiger partial charge in [-0.25, -0.2) is 9.97 Å². The minimum Gasteiger partial charge on any atom is -0.481 e. The summed E-state index contributed by atoms with van der Waals surface area (Å²) >= 11 is 7.16. The van der Waals surface area contributed by atoms with Crippen molar-refractivity contribution < 1.29 is 9.90 Å². The zero-order valence-corrected chi connectivity index (χ0v) is 13.8. The highest BCUT2D eigenvalue weighted by molar-refractivity contribution is 7.99. The number of carboxylic acid groups (broad SMARTS) is 1. The first kappa shape index (κ1) is 16.1. The number of rotatable bonds is 6. The third kappa shape index (κ3) is 3.89. The van der Waals surface area contributed by atoms with Crippen molar-refractivity contribution >= 4 is 40.5 Å². The van der Waals surface area contributed by atoms with Crippen molar-refractivity contribution in [3.63, 3.8) is 0 Å². The van der Waals surface area contributed by atoms with Crippen molar-refractivity contribution in [1.82, 2.24) is 14.5 Å². The highest BCUT2D eigenvalue weighted by Gasteiger charge is 2.17. The van der Waals surface area contributed by atoms with Crippen molar-refractivity contribution in [2.45, 2.75) is 32.5 Å². The minimum atomic E-state index is -0.860. The van der Waals surface area contributed by atoms with E-state index in [0.717, 1.165) is 12.2 Å². The van der Waals surface area contributed by atoms with E-state index in [2.05, 4.69) is 30.7 Å². The van der Waals surface area contributed by atoms with Crippen LogP contribution in [0.15, 0.2) is 17.4 Å². The number of carboxylic acids is 1. The average Bonchev–Trinajstić information content (AvgIpc) is 2.73. The summed E-state index contributed by atoms with van der Waals surface area (Å²) < 4.78 is 1.99. The second-order valence-corrected chi connectivity index (χ2v) is 6.78. The summed E-state index contributed by atoms with van der Waals surface area (Å²) in [5.74, 6) is 0.0743. The lowest BCUT2D eigenvalue weighted by atomic mass is 9.98. The van der Waals surface area contributed by atoms with Gasteiger partial charge in [-0.3, -0.25) is 4.79 Å². The fourth-order valence-electron chi connectivity index (χ4n) is 1.87. The van der Waals surface area contributed by atoms with Crippen LogP contribution in [0.25, 0.3) is 11.2 Å². The predicted octanol–water partition coefficient (Wildman–Crippen LogP) is 3.55. The van der Waals surface area contributed by atoms with Crippen molar-refractivity contribution in [2.75, 3.05) is 5.75 Å². The third-order valence-corrected chi connectivity index (χ3v) is 4.62. The van der Waals surface area contributed by atoms with Gasteiger partial charge >= 0.3 is 5.97 Å². The SMILES string of the molecule is CC(C)C(C)Cn1c(SCC(=O)O)nc2cc(Cl)cnc21. The largest absolute Gasteiger partial charge is 0.481 e. The van der Waals surface area contributed by atoms with Crippen LogP contribution in [-0.2, 0) is 11.3 Å². The fraction of sp³-hybridized carbons (Fsp3) is 0.500. The van der Waals surface area contributed by atoms with Gasteiger partial charge in [0.05, 0.1) is 10.8 Å². The standard InChI is InChI=1S/C14H18ClN3O2S/c1-8(2)9(3)6-18-13-11(4-10(15)5-16-13)17-14(18)21-7-12(19)20/h4-5,8-9H,6-7H2,1-3H3,(H,19,20). The number of nitrogens with zero attached hydrogens (tertiary/aromatic N) is 3. The molecule has 0 bridgehead atoms. The summed E-state index contributed by atoms with van der Waals surface area (Å²) in [5.41, 5.74) is 1.45. The molecule has 0 aromatic carbocycles. The van der Waals surface area contributed by atoms with Crippen molar-refractivity contribution in [2.24, 2.45) is 11.8 Å². The average molecular weight is 328 g/mol. The van der Waals surface area contributed by atoms with Gasteiger partial charge in [-0.1, -0.05) is 44.1 Å². The fourth-order valence-corrected chi connectivity index (χ4v) is 2.75. The first-order chi connectivity index (χ1) is 9.88. The molecule has 0 saturated heterocycles. The molecule has 7 heteroatoms. The van der Waals surface area contributed by atoms with Crippen molar-refractivity contribution in [3.8, 4) is 0 Å². The number of pyridine rings is 1. The van der Waals surface area contributed by atoms with E-state index in [1.807, 2.05) is 4.57 Å². The van der Waals surface area contributed by atoms with Crippen LogP contribution in [0.5, 0.6) is 0 Å². The smallest absolute Gasteiger partial charge is 0.313 e. The van der Waals surface area contributed by atoms with E-state index in [1.54, 1.807) is 12.3 Å². The maximum absolute atomic E-state index is 10.8. The number of aliphatic carboxylic acids is 1. The van der Waals surface area contributed by atoms with Crippen LogP contribution in [0.4, 0.5) is 0 Å². The summed E-state index contributed by atoms with van der Waals surface area (Å²) in [6.45, 7) is 7.25. The second kappa shape index (κ2) is 6.66. The number of thioether (sulfide) groups is 1. The topological polar surface area (TPSA) is 68.0 Å². The van der Waals surface area contributed by atoms with Gasteiger partial charge in [0.2, 0.25) is 0 Å². The number of imidazole rings is 1. The van der Waals surface area contributed by atoms with Crippen LogP contribution in [-0.4, -0.2) is 31.4 Å². The lowest BCUT2D eigenvalue weighted by molar-refractivity contribution is -0.133. The Bertz CT molecular complexity index is 657. The Balaban J connectivity index is 2.41. The highest BCUT2D eigenvalue weighted by atomic mass is 35.5. The molecule has 0 radical (unpaired) electrons. The van der Waals surface area contributed by atoms with Gasteiger partial charge in [0.25, 0.3) is 0 Å². The molecule has 1 N–H and O–H groups in total. The molecule has 0 saturated carbocycles. The normalized spacial score (nSPS) is 13.0. The van der Waals surface area contributed by atoms with Crippen LogP contribution >= 0.6 is 23.4 Å². The number of aromatic nitrogens is 3. The molecule has 0 aliphatic heterocycles. The monoisotopic (exact) mass is 327 g/mol. The maximum Gasteiger partial charge on any atom is 0.313 e. The Hall–Kier alpha value is -1.27. The van der Waals surface area contributed by atoms with Gasteiger partial charge in [0, 0.05) is 12.7 Å².